The molecule has 0 atom stereocenters. The van der Waals surface area contributed by atoms with Crippen molar-refractivity contribution in [3.63, 3.8) is 0 Å². The van der Waals surface area contributed by atoms with E-state index in [-0.39, 0.29) is 11.8 Å². The van der Waals surface area contributed by atoms with Crippen LogP contribution >= 0.6 is 11.3 Å². The van der Waals surface area contributed by atoms with Gasteiger partial charge in [-0.3, -0.25) is 4.79 Å². The largest absolute Gasteiger partial charge is 0.493 e. The third-order valence-corrected chi connectivity index (χ3v) is 5.45. The number of nitrogens with one attached hydrogen (secondary N) is 1. The number of carbonyl (C=O) groups is 1. The van der Waals surface area contributed by atoms with Gasteiger partial charge in [0.15, 0.2) is 22.2 Å². The van der Waals surface area contributed by atoms with Crippen LogP contribution in [0, 0.1) is 5.92 Å². The molecule has 2 heterocycles. The highest BCUT2D eigenvalue weighted by Crippen LogP contribution is 2.34. The third kappa shape index (κ3) is 3.26. The standard InChI is InChI=1S/C19H20N2O3S/c1-23-15-9-5-8-13-10-16(24-17(13)15)14-11-25-19(20-14)21-18(22)12-6-3-2-4-7-12/h5,8-12H,2-4,6-7H2,1H3,(H,20,21,22). The van der Waals surface area contributed by atoms with Gasteiger partial charge < -0.3 is 14.5 Å². The van der Waals surface area contributed by atoms with Crippen molar-refractivity contribution in [2.75, 3.05) is 12.4 Å². The molecular formula is C19H20N2O3S. The summed E-state index contributed by atoms with van der Waals surface area (Å²) >= 11 is 1.42. The van der Waals surface area contributed by atoms with Gasteiger partial charge in [-0.05, 0) is 25.0 Å². The van der Waals surface area contributed by atoms with Crippen molar-refractivity contribution in [3.8, 4) is 17.2 Å². The van der Waals surface area contributed by atoms with Crippen LogP contribution in [0.5, 0.6) is 5.75 Å². The molecule has 1 N–H and O–H groups in total. The van der Waals surface area contributed by atoms with E-state index in [1.807, 2.05) is 29.6 Å². The molecule has 0 unspecified atom stereocenters. The minimum atomic E-state index is 0.0897. The molecular weight excluding hydrogens is 336 g/mol. The van der Waals surface area contributed by atoms with E-state index in [1.54, 1.807) is 7.11 Å². The number of anilines is 1. The molecule has 3 aromatic rings. The maximum Gasteiger partial charge on any atom is 0.229 e. The Labute approximate surface area is 150 Å². The number of hydrogen-bond acceptors (Lipinski definition) is 5. The zero-order valence-corrected chi connectivity index (χ0v) is 14.9. The predicted octanol–water partition coefficient (Wildman–Crippen LogP) is 5.08. The first kappa shape index (κ1) is 16.1. The number of carbonyl (C=O) groups excluding carboxylic acids is 1. The van der Waals surface area contributed by atoms with Gasteiger partial charge in [-0.1, -0.05) is 31.4 Å². The fourth-order valence-electron chi connectivity index (χ4n) is 3.34. The molecule has 2 aromatic heterocycles. The summed E-state index contributed by atoms with van der Waals surface area (Å²) in [7, 11) is 1.62. The van der Waals surface area contributed by atoms with Crippen LogP contribution in [0.2, 0.25) is 0 Å². The first-order chi connectivity index (χ1) is 12.2. The van der Waals surface area contributed by atoms with Gasteiger partial charge in [0.25, 0.3) is 0 Å². The van der Waals surface area contributed by atoms with Gasteiger partial charge in [0, 0.05) is 16.7 Å². The highest BCUT2D eigenvalue weighted by Gasteiger charge is 2.22. The van der Waals surface area contributed by atoms with Crippen LogP contribution in [0.25, 0.3) is 22.4 Å². The molecule has 1 fully saturated rings. The fraction of sp³-hybridized carbons (Fsp3) is 0.368. The van der Waals surface area contributed by atoms with E-state index in [2.05, 4.69) is 10.3 Å². The zero-order chi connectivity index (χ0) is 17.2. The average molecular weight is 356 g/mol. The van der Waals surface area contributed by atoms with Gasteiger partial charge in [-0.15, -0.1) is 11.3 Å². The molecule has 25 heavy (non-hydrogen) atoms. The number of rotatable bonds is 4. The van der Waals surface area contributed by atoms with Crippen LogP contribution in [-0.4, -0.2) is 18.0 Å². The lowest BCUT2D eigenvalue weighted by molar-refractivity contribution is -0.120. The Morgan fingerprint density at radius 1 is 1.32 bits per heavy atom. The number of thiazole rings is 1. The number of hydrogen-bond donors (Lipinski definition) is 1. The predicted molar refractivity (Wildman–Crippen MR) is 99.1 cm³/mol. The topological polar surface area (TPSA) is 64.4 Å². The van der Waals surface area contributed by atoms with Crippen molar-refractivity contribution in [2.45, 2.75) is 32.1 Å². The Hall–Kier alpha value is -2.34. The Balaban J connectivity index is 1.54. The van der Waals surface area contributed by atoms with Crippen molar-refractivity contribution in [2.24, 2.45) is 5.92 Å². The second kappa shape index (κ2) is 6.88. The summed E-state index contributed by atoms with van der Waals surface area (Å²) in [5.41, 5.74) is 1.43. The molecule has 0 radical (unpaired) electrons. The minimum Gasteiger partial charge on any atom is -0.493 e. The van der Waals surface area contributed by atoms with Gasteiger partial charge in [0.2, 0.25) is 5.91 Å². The van der Waals surface area contributed by atoms with Gasteiger partial charge in [0.05, 0.1) is 7.11 Å². The molecule has 1 aliphatic carbocycles. The number of benzene rings is 1. The second-order valence-electron chi connectivity index (χ2n) is 6.35. The molecule has 0 spiro atoms. The third-order valence-electron chi connectivity index (χ3n) is 4.69. The molecule has 5 nitrogen and oxygen atoms in total. The number of methoxy groups -OCH3 is 1. The molecule has 1 saturated carbocycles. The summed E-state index contributed by atoms with van der Waals surface area (Å²) in [6, 6.07) is 7.71. The Morgan fingerprint density at radius 3 is 2.96 bits per heavy atom. The van der Waals surface area contributed by atoms with Gasteiger partial charge >= 0.3 is 0 Å². The SMILES string of the molecule is COc1cccc2cc(-c3csc(NC(=O)C4CCCCC4)n3)oc12. The van der Waals surface area contributed by atoms with Crippen LogP contribution in [0.3, 0.4) is 0 Å². The van der Waals surface area contributed by atoms with Crippen molar-refractivity contribution in [3.05, 3.63) is 29.6 Å². The number of furan rings is 1. The molecule has 1 aliphatic rings. The molecule has 1 aromatic carbocycles. The van der Waals surface area contributed by atoms with Crippen molar-refractivity contribution >= 4 is 33.3 Å². The van der Waals surface area contributed by atoms with Crippen LogP contribution in [-0.2, 0) is 4.79 Å². The molecule has 0 saturated heterocycles. The molecule has 4 rings (SSSR count). The summed E-state index contributed by atoms with van der Waals surface area (Å²) in [6.45, 7) is 0. The number of amides is 1. The summed E-state index contributed by atoms with van der Waals surface area (Å²) in [5.74, 6) is 1.59. The summed E-state index contributed by atoms with van der Waals surface area (Å²) < 4.78 is 11.3. The zero-order valence-electron chi connectivity index (χ0n) is 14.1. The van der Waals surface area contributed by atoms with E-state index in [4.69, 9.17) is 9.15 Å². The van der Waals surface area contributed by atoms with Crippen molar-refractivity contribution < 1.29 is 13.9 Å². The Bertz CT molecular complexity index is 893. The quantitative estimate of drug-likeness (QED) is 0.708. The van der Waals surface area contributed by atoms with E-state index in [0.717, 1.165) is 36.8 Å². The van der Waals surface area contributed by atoms with Crippen molar-refractivity contribution in [1.29, 1.82) is 0 Å². The van der Waals surface area contributed by atoms with Crippen LogP contribution in [0.4, 0.5) is 5.13 Å². The molecule has 130 valence electrons. The molecule has 6 heteroatoms. The molecule has 0 bridgehead atoms. The molecule has 1 amide bonds. The Kier molecular flexibility index (Phi) is 4.44. The van der Waals surface area contributed by atoms with E-state index < -0.39 is 0 Å². The Morgan fingerprint density at radius 2 is 2.16 bits per heavy atom. The van der Waals surface area contributed by atoms with E-state index >= 15 is 0 Å². The normalized spacial score (nSPS) is 15.4. The summed E-state index contributed by atoms with van der Waals surface area (Å²) in [5, 5.41) is 6.45. The number of ether oxygens (including phenoxy) is 1. The first-order valence-corrected chi connectivity index (χ1v) is 9.46. The first-order valence-electron chi connectivity index (χ1n) is 8.58. The van der Waals surface area contributed by atoms with Gasteiger partial charge in [-0.25, -0.2) is 4.98 Å². The van der Waals surface area contributed by atoms with E-state index in [9.17, 15) is 4.79 Å². The summed E-state index contributed by atoms with van der Waals surface area (Å²) in [6.07, 6.45) is 5.48. The molecule has 0 aliphatic heterocycles. The lowest BCUT2D eigenvalue weighted by Gasteiger charge is -2.19. The van der Waals surface area contributed by atoms with Crippen molar-refractivity contribution in [1.82, 2.24) is 4.98 Å². The maximum absolute atomic E-state index is 12.4. The number of fused-ring (bicyclic) bond motifs is 1. The highest BCUT2D eigenvalue weighted by atomic mass is 32.1. The highest BCUT2D eigenvalue weighted by molar-refractivity contribution is 7.14. The van der Waals surface area contributed by atoms with Gasteiger partial charge in [0.1, 0.15) is 5.69 Å². The van der Waals surface area contributed by atoms with E-state index in [1.165, 1.54) is 17.8 Å². The summed E-state index contributed by atoms with van der Waals surface area (Å²) in [4.78, 5) is 16.9. The fourth-order valence-corrected chi connectivity index (χ4v) is 4.04. The monoisotopic (exact) mass is 356 g/mol. The smallest absolute Gasteiger partial charge is 0.229 e. The lowest BCUT2D eigenvalue weighted by atomic mass is 9.89. The van der Waals surface area contributed by atoms with Gasteiger partial charge in [-0.2, -0.15) is 0 Å². The second-order valence-corrected chi connectivity index (χ2v) is 7.21. The van der Waals surface area contributed by atoms with Crippen LogP contribution < -0.4 is 10.1 Å². The number of aromatic nitrogens is 1. The number of nitrogens with zero attached hydrogens (tertiary/aromatic N) is 1. The maximum atomic E-state index is 12.4. The van der Waals surface area contributed by atoms with E-state index in [0.29, 0.717) is 22.2 Å². The van der Waals surface area contributed by atoms with Crippen LogP contribution in [0.15, 0.2) is 34.1 Å². The van der Waals surface area contributed by atoms with Crippen LogP contribution in [0.1, 0.15) is 32.1 Å². The minimum absolute atomic E-state index is 0.0897. The lowest BCUT2D eigenvalue weighted by Crippen LogP contribution is -2.24. The number of para-hydroxylation sites is 1. The average Bonchev–Trinajstić information content (AvgIpc) is 3.28.